The summed E-state index contributed by atoms with van der Waals surface area (Å²) < 4.78 is 1.76. The van der Waals surface area contributed by atoms with Gasteiger partial charge in [0, 0.05) is 24.2 Å². The normalized spacial score (nSPS) is 10.7. The third kappa shape index (κ3) is 2.26. The first-order valence-corrected chi connectivity index (χ1v) is 5.50. The molecule has 0 aliphatic rings. The number of nitrogens with zero attached hydrogens (tertiary/aromatic N) is 2. The molecule has 1 aromatic carbocycles. The molecule has 0 amide bonds. The summed E-state index contributed by atoms with van der Waals surface area (Å²) in [5.41, 5.74) is 2.85. The zero-order chi connectivity index (χ0) is 11.5. The second-order valence-corrected chi connectivity index (χ2v) is 4.07. The molecule has 0 aliphatic carbocycles. The van der Waals surface area contributed by atoms with E-state index in [0.717, 1.165) is 22.0 Å². The molecule has 2 aromatic rings. The van der Waals surface area contributed by atoms with Crippen molar-refractivity contribution in [2.24, 2.45) is 0 Å². The molecule has 84 valence electrons. The van der Waals surface area contributed by atoms with E-state index in [-0.39, 0.29) is 6.61 Å². The van der Waals surface area contributed by atoms with Gasteiger partial charge in [-0.05, 0) is 30.7 Å². The van der Waals surface area contributed by atoms with Crippen molar-refractivity contribution in [2.75, 3.05) is 6.61 Å². The van der Waals surface area contributed by atoms with E-state index >= 15 is 0 Å². The summed E-state index contributed by atoms with van der Waals surface area (Å²) in [5, 5.41) is 13.9. The first-order valence-electron chi connectivity index (χ1n) is 5.12. The third-order valence-corrected chi connectivity index (χ3v) is 2.84. The molecule has 0 atom stereocenters. The zero-order valence-electron chi connectivity index (χ0n) is 9.02. The third-order valence-electron chi connectivity index (χ3n) is 2.43. The Bertz CT molecular complexity index is 494. The van der Waals surface area contributed by atoms with E-state index in [1.165, 1.54) is 0 Å². The van der Waals surface area contributed by atoms with E-state index < -0.39 is 0 Å². The quantitative estimate of drug-likeness (QED) is 0.889. The van der Waals surface area contributed by atoms with E-state index in [1.54, 1.807) is 4.68 Å². The van der Waals surface area contributed by atoms with Gasteiger partial charge in [-0.15, -0.1) is 0 Å². The van der Waals surface area contributed by atoms with Crippen molar-refractivity contribution >= 4 is 11.6 Å². The van der Waals surface area contributed by atoms with Crippen LogP contribution in [0.1, 0.15) is 11.3 Å². The molecule has 0 aliphatic heterocycles. The van der Waals surface area contributed by atoms with Crippen molar-refractivity contribution in [2.45, 2.75) is 13.3 Å². The number of rotatable bonds is 3. The lowest BCUT2D eigenvalue weighted by atomic mass is 10.2. The van der Waals surface area contributed by atoms with Crippen LogP contribution < -0.4 is 0 Å². The molecule has 4 heteroatoms. The van der Waals surface area contributed by atoms with Crippen molar-refractivity contribution in [1.29, 1.82) is 0 Å². The highest BCUT2D eigenvalue weighted by atomic mass is 35.5. The fraction of sp³-hybridized carbons (Fsp3) is 0.250. The van der Waals surface area contributed by atoms with E-state index in [0.29, 0.717) is 6.42 Å². The van der Waals surface area contributed by atoms with Crippen molar-refractivity contribution in [3.8, 4) is 5.69 Å². The molecule has 0 saturated carbocycles. The Morgan fingerprint density at radius 1 is 1.38 bits per heavy atom. The number of aromatic nitrogens is 2. The fourth-order valence-electron chi connectivity index (χ4n) is 1.48. The topological polar surface area (TPSA) is 38.0 Å². The summed E-state index contributed by atoms with van der Waals surface area (Å²) in [6, 6.07) is 7.71. The number of aliphatic hydroxyl groups is 1. The van der Waals surface area contributed by atoms with Crippen LogP contribution in [0.15, 0.2) is 30.5 Å². The van der Waals surface area contributed by atoms with Gasteiger partial charge in [0.2, 0.25) is 0 Å². The summed E-state index contributed by atoms with van der Waals surface area (Å²) in [7, 11) is 0. The Morgan fingerprint density at radius 2 is 2.19 bits per heavy atom. The minimum absolute atomic E-state index is 0.117. The van der Waals surface area contributed by atoms with E-state index in [1.807, 2.05) is 37.4 Å². The van der Waals surface area contributed by atoms with Crippen LogP contribution in [0.5, 0.6) is 0 Å². The van der Waals surface area contributed by atoms with Gasteiger partial charge in [-0.25, -0.2) is 4.68 Å². The van der Waals surface area contributed by atoms with Crippen molar-refractivity contribution in [1.82, 2.24) is 9.78 Å². The minimum atomic E-state index is 0.117. The molecular formula is C12H13ClN2O. The molecule has 0 fully saturated rings. The average Bonchev–Trinajstić information content (AvgIpc) is 2.71. The maximum atomic E-state index is 8.81. The summed E-state index contributed by atoms with van der Waals surface area (Å²) in [5.74, 6) is 0. The number of halogens is 1. The van der Waals surface area contributed by atoms with Crippen LogP contribution in [0.25, 0.3) is 5.69 Å². The Hall–Kier alpha value is -1.32. The minimum Gasteiger partial charge on any atom is -0.396 e. The van der Waals surface area contributed by atoms with Gasteiger partial charge in [-0.1, -0.05) is 17.7 Å². The van der Waals surface area contributed by atoms with Crippen LogP contribution >= 0.6 is 11.6 Å². The van der Waals surface area contributed by atoms with Crippen molar-refractivity contribution in [3.63, 3.8) is 0 Å². The van der Waals surface area contributed by atoms with Crippen LogP contribution in [-0.2, 0) is 6.42 Å². The molecule has 2 rings (SSSR count). The van der Waals surface area contributed by atoms with Gasteiger partial charge in [0.1, 0.15) is 0 Å². The van der Waals surface area contributed by atoms with Crippen molar-refractivity contribution < 1.29 is 5.11 Å². The summed E-state index contributed by atoms with van der Waals surface area (Å²) in [6.07, 6.45) is 2.44. The lowest BCUT2D eigenvalue weighted by Gasteiger charge is -2.03. The molecule has 3 nitrogen and oxygen atoms in total. The van der Waals surface area contributed by atoms with Gasteiger partial charge in [-0.2, -0.15) is 5.10 Å². The van der Waals surface area contributed by atoms with Gasteiger partial charge in [0.15, 0.2) is 0 Å². The highest BCUT2D eigenvalue weighted by Crippen LogP contribution is 2.19. The number of benzene rings is 1. The van der Waals surface area contributed by atoms with Gasteiger partial charge in [-0.3, -0.25) is 0 Å². The summed E-state index contributed by atoms with van der Waals surface area (Å²) >= 11 is 6.05. The van der Waals surface area contributed by atoms with Gasteiger partial charge in [0.05, 0.1) is 11.4 Å². The molecule has 1 heterocycles. The van der Waals surface area contributed by atoms with Crippen LogP contribution in [0.2, 0.25) is 5.02 Å². The van der Waals surface area contributed by atoms with Crippen LogP contribution in [0.3, 0.4) is 0 Å². The molecule has 1 aromatic heterocycles. The van der Waals surface area contributed by atoms with E-state index in [4.69, 9.17) is 16.7 Å². The highest BCUT2D eigenvalue weighted by molar-refractivity contribution is 6.31. The molecule has 0 radical (unpaired) electrons. The predicted molar refractivity (Wildman–Crippen MR) is 64.1 cm³/mol. The van der Waals surface area contributed by atoms with Crippen LogP contribution in [-0.4, -0.2) is 21.5 Å². The predicted octanol–water partition coefficient (Wildman–Crippen LogP) is 2.37. The maximum Gasteiger partial charge on any atom is 0.0660 e. The van der Waals surface area contributed by atoms with Gasteiger partial charge in [0.25, 0.3) is 0 Å². The van der Waals surface area contributed by atoms with E-state index in [9.17, 15) is 0 Å². The fourth-order valence-corrected chi connectivity index (χ4v) is 1.65. The molecule has 0 unspecified atom stereocenters. The first-order chi connectivity index (χ1) is 7.70. The summed E-state index contributed by atoms with van der Waals surface area (Å²) in [4.78, 5) is 0. The molecule has 0 spiro atoms. The molecule has 16 heavy (non-hydrogen) atoms. The van der Waals surface area contributed by atoms with Crippen LogP contribution in [0, 0.1) is 6.92 Å². The molecule has 0 saturated heterocycles. The maximum absolute atomic E-state index is 8.81. The Balaban J connectivity index is 2.31. The summed E-state index contributed by atoms with van der Waals surface area (Å²) in [6.45, 7) is 2.08. The standard InChI is InChI=1S/C12H13ClN2O/c1-9-2-3-11(8-12(9)13)15-6-4-10(14-15)5-7-16/h2-4,6,8,16H,5,7H2,1H3. The Morgan fingerprint density at radius 3 is 2.88 bits per heavy atom. The Kier molecular flexibility index (Phi) is 3.27. The van der Waals surface area contributed by atoms with Gasteiger partial charge >= 0.3 is 0 Å². The smallest absolute Gasteiger partial charge is 0.0660 e. The number of aliphatic hydroxyl groups excluding tert-OH is 1. The molecule has 0 bridgehead atoms. The largest absolute Gasteiger partial charge is 0.396 e. The van der Waals surface area contributed by atoms with E-state index in [2.05, 4.69) is 5.10 Å². The second-order valence-electron chi connectivity index (χ2n) is 3.66. The molecule has 1 N–H and O–H groups in total. The number of hydrogen-bond donors (Lipinski definition) is 1. The highest BCUT2D eigenvalue weighted by Gasteiger charge is 2.02. The number of hydrogen-bond acceptors (Lipinski definition) is 2. The lowest BCUT2D eigenvalue weighted by molar-refractivity contribution is 0.298. The van der Waals surface area contributed by atoms with Gasteiger partial charge < -0.3 is 5.11 Å². The molecular weight excluding hydrogens is 224 g/mol. The first kappa shape index (κ1) is 11.2. The average molecular weight is 237 g/mol. The monoisotopic (exact) mass is 236 g/mol. The SMILES string of the molecule is Cc1ccc(-n2ccc(CCO)n2)cc1Cl. The zero-order valence-corrected chi connectivity index (χ0v) is 9.78. The number of aryl methyl sites for hydroxylation is 1. The van der Waals surface area contributed by atoms with Crippen molar-refractivity contribution in [3.05, 3.63) is 46.7 Å². The second kappa shape index (κ2) is 4.68. The Labute approximate surface area is 99.3 Å². The lowest BCUT2D eigenvalue weighted by Crippen LogP contribution is -1.98. The van der Waals surface area contributed by atoms with Crippen LogP contribution in [0.4, 0.5) is 0 Å².